The number of nitrogens with one attached hydrogen (secondary N) is 2. The number of hydrogen-bond donors (Lipinski definition) is 3. The Labute approximate surface area is 282 Å². The predicted molar refractivity (Wildman–Crippen MR) is 180 cm³/mol. The van der Waals surface area contributed by atoms with Gasteiger partial charge in [-0.3, -0.25) is 4.79 Å². The molecule has 0 aromatic heterocycles. The number of nitrogens with zero attached hydrogens (tertiary/aromatic N) is 1. The molecule has 6 atom stereocenters. The maximum atomic E-state index is 12.7. The van der Waals surface area contributed by atoms with E-state index in [4.69, 9.17) is 9.47 Å². The lowest BCUT2D eigenvalue weighted by Gasteiger charge is -2.49. The largest absolute Gasteiger partial charge is 0.508 e. The number of benzene rings is 1. The van der Waals surface area contributed by atoms with E-state index in [9.17, 15) is 24.8 Å². The SMILES string of the molecule is CC(C)(CCCCCCO[N+](=O)[O-])c1cc(O)c2c(c1)OC(C)(C)[C@@H]1CC[C@@H](COC(=O)CCCC[C@@H]3SC[C@@H]4NC(=O)N[C@@H]43)C[C@@H]21. The zero-order valence-corrected chi connectivity index (χ0v) is 29.2. The Bertz CT molecular complexity index is 1290. The quantitative estimate of drug-likeness (QED) is 0.0567. The van der Waals surface area contributed by atoms with Crippen LogP contribution in [0.2, 0.25) is 0 Å². The minimum Gasteiger partial charge on any atom is -0.508 e. The van der Waals surface area contributed by atoms with Crippen LogP contribution in [0, 0.1) is 22.0 Å². The van der Waals surface area contributed by atoms with Crippen molar-refractivity contribution >= 4 is 23.8 Å². The summed E-state index contributed by atoms with van der Waals surface area (Å²) in [6.07, 6.45) is 10.2. The van der Waals surface area contributed by atoms with Gasteiger partial charge in [0.2, 0.25) is 0 Å². The number of carbonyl (C=O) groups is 2. The zero-order valence-electron chi connectivity index (χ0n) is 28.4. The van der Waals surface area contributed by atoms with Gasteiger partial charge in [-0.2, -0.15) is 11.8 Å². The Balaban J connectivity index is 1.11. The van der Waals surface area contributed by atoms with Gasteiger partial charge in [-0.05, 0) is 93.7 Å². The number of unbranched alkanes of at least 4 members (excludes halogenated alkanes) is 4. The smallest absolute Gasteiger partial charge is 0.315 e. The van der Waals surface area contributed by atoms with Gasteiger partial charge in [0.05, 0.1) is 25.3 Å². The second kappa shape index (κ2) is 15.1. The molecule has 1 aromatic carbocycles. The van der Waals surface area contributed by atoms with Crippen LogP contribution in [0.15, 0.2) is 12.1 Å². The van der Waals surface area contributed by atoms with Crippen molar-refractivity contribution in [3.8, 4) is 11.5 Å². The molecular formula is C35H53N3O8S. The Morgan fingerprint density at radius 2 is 1.94 bits per heavy atom. The molecule has 1 saturated carbocycles. The van der Waals surface area contributed by atoms with Gasteiger partial charge in [0.1, 0.15) is 17.1 Å². The summed E-state index contributed by atoms with van der Waals surface area (Å²) < 4.78 is 12.4. The molecule has 0 spiro atoms. The lowest BCUT2D eigenvalue weighted by molar-refractivity contribution is -0.757. The highest BCUT2D eigenvalue weighted by molar-refractivity contribution is 8.00. The van der Waals surface area contributed by atoms with Gasteiger partial charge in [-0.1, -0.05) is 39.5 Å². The summed E-state index contributed by atoms with van der Waals surface area (Å²) in [6, 6.07) is 4.37. The van der Waals surface area contributed by atoms with E-state index in [2.05, 4.69) is 49.2 Å². The summed E-state index contributed by atoms with van der Waals surface area (Å²) in [7, 11) is 0. The highest BCUT2D eigenvalue weighted by Gasteiger charge is 2.48. The van der Waals surface area contributed by atoms with Crippen LogP contribution in [0.4, 0.5) is 4.79 Å². The van der Waals surface area contributed by atoms with E-state index >= 15 is 0 Å². The molecule has 2 saturated heterocycles. The average molecular weight is 676 g/mol. The van der Waals surface area contributed by atoms with E-state index in [1.807, 2.05) is 17.8 Å². The second-order valence-electron chi connectivity index (χ2n) is 15.2. The summed E-state index contributed by atoms with van der Waals surface area (Å²) in [5.74, 6) is 2.46. The van der Waals surface area contributed by atoms with Crippen LogP contribution in [-0.4, -0.2) is 64.1 Å². The number of hydrogen-bond acceptors (Lipinski definition) is 9. The number of thioether (sulfide) groups is 1. The molecule has 2 amide bonds. The fourth-order valence-electron chi connectivity index (χ4n) is 8.23. The minimum atomic E-state index is -0.744. The minimum absolute atomic E-state index is 0.0689. The molecule has 3 N–H and O–H groups in total. The van der Waals surface area contributed by atoms with Crippen molar-refractivity contribution in [3.63, 3.8) is 0 Å². The summed E-state index contributed by atoms with van der Waals surface area (Å²) in [4.78, 5) is 39.0. The van der Waals surface area contributed by atoms with Gasteiger partial charge in [-0.25, -0.2) is 4.79 Å². The molecule has 11 nitrogen and oxygen atoms in total. The first-order valence-electron chi connectivity index (χ1n) is 17.5. The van der Waals surface area contributed by atoms with Crippen LogP contribution in [0.25, 0.3) is 0 Å². The lowest BCUT2D eigenvalue weighted by Crippen LogP contribution is -2.47. The number of esters is 1. The molecule has 47 heavy (non-hydrogen) atoms. The molecule has 1 aliphatic carbocycles. The van der Waals surface area contributed by atoms with Crippen LogP contribution in [0.5, 0.6) is 11.5 Å². The fourth-order valence-corrected chi connectivity index (χ4v) is 9.77. The first kappa shape index (κ1) is 35.4. The number of amides is 2. The molecule has 4 aliphatic rings. The van der Waals surface area contributed by atoms with Crippen LogP contribution >= 0.6 is 11.8 Å². The fraction of sp³-hybridized carbons (Fsp3) is 0.771. The van der Waals surface area contributed by atoms with Crippen LogP contribution in [0.1, 0.15) is 122 Å². The maximum Gasteiger partial charge on any atom is 0.315 e. The van der Waals surface area contributed by atoms with E-state index in [0.29, 0.717) is 24.7 Å². The number of rotatable bonds is 16. The van der Waals surface area contributed by atoms with E-state index in [1.54, 1.807) is 0 Å². The molecule has 3 heterocycles. The Morgan fingerprint density at radius 1 is 1.15 bits per heavy atom. The molecule has 0 unspecified atom stereocenters. The molecule has 3 aliphatic heterocycles. The van der Waals surface area contributed by atoms with Crippen molar-refractivity contribution in [2.45, 2.75) is 139 Å². The van der Waals surface area contributed by atoms with Crippen LogP contribution in [-0.2, 0) is 19.8 Å². The first-order chi connectivity index (χ1) is 22.3. The monoisotopic (exact) mass is 675 g/mol. The summed E-state index contributed by atoms with van der Waals surface area (Å²) in [5.41, 5.74) is 1.36. The van der Waals surface area contributed by atoms with Gasteiger partial charge in [0.15, 0.2) is 0 Å². The van der Waals surface area contributed by atoms with Gasteiger partial charge < -0.3 is 30.1 Å². The topological polar surface area (TPSA) is 149 Å². The van der Waals surface area contributed by atoms with E-state index in [-0.39, 0.29) is 65.2 Å². The zero-order chi connectivity index (χ0) is 33.8. The third-order valence-electron chi connectivity index (χ3n) is 10.9. The molecule has 5 rings (SSSR count). The third kappa shape index (κ3) is 8.78. The van der Waals surface area contributed by atoms with Gasteiger partial charge in [-0.15, -0.1) is 10.1 Å². The second-order valence-corrected chi connectivity index (χ2v) is 16.4. The maximum absolute atomic E-state index is 12.7. The standard InChI is InChI=1S/C35H53N3O8S/c1-34(2,15-9-5-6-10-16-45-38(42)43)23-18-27(39)31-24-17-22(13-14-25(24)35(3,4)46-28(31)19-23)20-44-30(40)12-8-7-11-29-32-26(21-47-29)36-33(41)37-32/h18-19,22,24-26,29,32,39H,5-17,20-21H2,1-4H3,(H2,36,37,41)/t22-,24-,25-,26+,29+,32+/m1/s1. The number of phenolic OH excluding ortho intramolecular Hbond substituents is 1. The Morgan fingerprint density at radius 3 is 2.72 bits per heavy atom. The van der Waals surface area contributed by atoms with Crippen molar-refractivity contribution in [2.75, 3.05) is 19.0 Å². The van der Waals surface area contributed by atoms with E-state index < -0.39 is 5.09 Å². The predicted octanol–water partition coefficient (Wildman–Crippen LogP) is 6.77. The number of carbonyl (C=O) groups excluding carboxylic acids is 2. The highest BCUT2D eigenvalue weighted by Crippen LogP contribution is 2.56. The van der Waals surface area contributed by atoms with Crippen molar-refractivity contribution in [2.24, 2.45) is 11.8 Å². The molecule has 0 bridgehead atoms. The average Bonchev–Trinajstić information content (AvgIpc) is 3.55. The molecule has 0 radical (unpaired) electrons. The molecule has 3 fully saturated rings. The molecular weight excluding hydrogens is 622 g/mol. The molecule has 12 heteroatoms. The number of fused-ring (bicyclic) bond motifs is 4. The first-order valence-corrected chi connectivity index (χ1v) is 18.6. The van der Waals surface area contributed by atoms with Crippen molar-refractivity contribution in [1.82, 2.24) is 10.6 Å². The summed E-state index contributed by atoms with van der Waals surface area (Å²) in [6.45, 7) is 9.20. The molecule has 262 valence electrons. The number of ether oxygens (including phenoxy) is 2. The Kier molecular flexibility index (Phi) is 11.4. The van der Waals surface area contributed by atoms with E-state index in [1.165, 1.54) is 0 Å². The summed E-state index contributed by atoms with van der Waals surface area (Å²) in [5, 5.41) is 27.4. The lowest BCUT2D eigenvalue weighted by atomic mass is 9.63. The number of urea groups is 1. The molecule has 1 aromatic rings. The van der Waals surface area contributed by atoms with Gasteiger partial charge in [0.25, 0.3) is 5.09 Å². The van der Waals surface area contributed by atoms with Crippen LogP contribution < -0.4 is 15.4 Å². The summed E-state index contributed by atoms with van der Waals surface area (Å²) >= 11 is 1.90. The number of aromatic hydroxyl groups is 1. The van der Waals surface area contributed by atoms with E-state index in [0.717, 1.165) is 86.8 Å². The highest BCUT2D eigenvalue weighted by atomic mass is 32.2. The normalized spacial score (nSPS) is 27.4. The van der Waals surface area contributed by atoms with Gasteiger partial charge >= 0.3 is 12.0 Å². The van der Waals surface area contributed by atoms with Gasteiger partial charge in [0, 0.05) is 28.9 Å². The number of phenols is 1. The van der Waals surface area contributed by atoms with Crippen molar-refractivity contribution in [1.29, 1.82) is 0 Å². The van der Waals surface area contributed by atoms with Crippen molar-refractivity contribution < 1.29 is 34.1 Å². The van der Waals surface area contributed by atoms with Crippen molar-refractivity contribution in [3.05, 3.63) is 33.4 Å². The third-order valence-corrected chi connectivity index (χ3v) is 12.4. The Hall–Kier alpha value is -2.89. The van der Waals surface area contributed by atoms with Crippen LogP contribution in [0.3, 0.4) is 0 Å².